The van der Waals surface area contributed by atoms with Crippen LogP contribution in [0.1, 0.15) is 16.7 Å². The van der Waals surface area contributed by atoms with Crippen LogP contribution in [0, 0.1) is 6.92 Å². The van der Waals surface area contributed by atoms with E-state index in [1.54, 1.807) is 6.21 Å². The highest BCUT2D eigenvalue weighted by Crippen LogP contribution is 2.31. The first-order chi connectivity index (χ1) is 13.2. The van der Waals surface area contributed by atoms with E-state index in [0.29, 0.717) is 6.42 Å². The molecule has 1 N–H and O–H groups in total. The second-order valence-corrected chi connectivity index (χ2v) is 6.59. The molecule has 0 atom stereocenters. The van der Waals surface area contributed by atoms with Gasteiger partial charge in [0, 0.05) is 5.56 Å². The minimum absolute atomic E-state index is 0.127. The summed E-state index contributed by atoms with van der Waals surface area (Å²) in [5.41, 5.74) is 5.90. The first-order valence-electron chi connectivity index (χ1n) is 9.00. The Labute approximate surface area is 158 Å². The van der Waals surface area contributed by atoms with Crippen LogP contribution < -0.4 is 5.43 Å². The lowest BCUT2D eigenvalue weighted by Crippen LogP contribution is -2.19. The molecule has 0 unspecified atom stereocenters. The lowest BCUT2D eigenvalue weighted by Gasteiger charge is -2.11. The van der Waals surface area contributed by atoms with E-state index < -0.39 is 0 Å². The summed E-state index contributed by atoms with van der Waals surface area (Å²) < 4.78 is 0. The van der Waals surface area contributed by atoms with Gasteiger partial charge in [-0.25, -0.2) is 5.43 Å². The van der Waals surface area contributed by atoms with Crippen molar-refractivity contribution in [2.45, 2.75) is 13.3 Å². The van der Waals surface area contributed by atoms with Gasteiger partial charge in [-0.15, -0.1) is 0 Å². The van der Waals surface area contributed by atoms with E-state index in [2.05, 4.69) is 41.7 Å². The number of hydrogen-bond donors (Lipinski definition) is 1. The predicted octanol–water partition coefficient (Wildman–Crippen LogP) is 4.99. The molecule has 0 bridgehead atoms. The van der Waals surface area contributed by atoms with Crippen LogP contribution in [0.4, 0.5) is 0 Å². The standard InChI is InChI=1S/C24H20N2O/c1-17-19-11-5-7-13-21(19)23(22-14-8-6-12-20(17)22)16-25-26-24(27)15-18-9-3-2-4-10-18/h2-14,16H,15H2,1H3,(H,26,27)/b25-16+. The molecular weight excluding hydrogens is 332 g/mol. The second kappa shape index (κ2) is 7.42. The number of hydrazone groups is 1. The first kappa shape index (κ1) is 17.0. The number of nitrogens with one attached hydrogen (secondary N) is 1. The van der Waals surface area contributed by atoms with Crippen molar-refractivity contribution in [1.82, 2.24) is 5.43 Å². The van der Waals surface area contributed by atoms with E-state index in [1.807, 2.05) is 54.6 Å². The average molecular weight is 352 g/mol. The smallest absolute Gasteiger partial charge is 0.244 e. The molecule has 4 aromatic rings. The molecule has 3 heteroatoms. The molecule has 1 amide bonds. The van der Waals surface area contributed by atoms with E-state index in [4.69, 9.17) is 0 Å². The van der Waals surface area contributed by atoms with Gasteiger partial charge in [-0.3, -0.25) is 4.79 Å². The summed E-state index contributed by atoms with van der Waals surface area (Å²) in [5.74, 6) is -0.127. The van der Waals surface area contributed by atoms with E-state index in [9.17, 15) is 4.79 Å². The van der Waals surface area contributed by atoms with Gasteiger partial charge >= 0.3 is 0 Å². The van der Waals surface area contributed by atoms with E-state index in [-0.39, 0.29) is 5.91 Å². The molecule has 0 saturated carbocycles. The van der Waals surface area contributed by atoms with Crippen molar-refractivity contribution in [3.63, 3.8) is 0 Å². The monoisotopic (exact) mass is 352 g/mol. The van der Waals surface area contributed by atoms with Gasteiger partial charge in [-0.1, -0.05) is 78.9 Å². The van der Waals surface area contributed by atoms with Crippen LogP contribution in [0.5, 0.6) is 0 Å². The molecule has 0 fully saturated rings. The molecule has 0 radical (unpaired) electrons. The summed E-state index contributed by atoms with van der Waals surface area (Å²) in [6.07, 6.45) is 2.07. The Kier molecular flexibility index (Phi) is 4.67. The number of amides is 1. The Bertz CT molecular complexity index is 1090. The van der Waals surface area contributed by atoms with Crippen molar-refractivity contribution in [3.05, 3.63) is 95.6 Å². The van der Waals surface area contributed by atoms with Gasteiger partial charge in [-0.05, 0) is 39.6 Å². The summed E-state index contributed by atoms with van der Waals surface area (Å²) in [5, 5.41) is 8.92. The van der Waals surface area contributed by atoms with Crippen LogP contribution in [0.2, 0.25) is 0 Å². The van der Waals surface area contributed by atoms with Crippen molar-refractivity contribution in [2.75, 3.05) is 0 Å². The quantitative estimate of drug-likeness (QED) is 0.314. The summed E-state index contributed by atoms with van der Waals surface area (Å²) >= 11 is 0. The van der Waals surface area contributed by atoms with Crippen molar-refractivity contribution >= 4 is 33.7 Å². The number of aryl methyl sites for hydroxylation is 1. The number of nitrogens with zero attached hydrogens (tertiary/aromatic N) is 1. The highest BCUT2D eigenvalue weighted by Gasteiger charge is 2.09. The summed E-state index contributed by atoms with van der Waals surface area (Å²) in [4.78, 5) is 12.2. The van der Waals surface area contributed by atoms with Gasteiger partial charge in [0.2, 0.25) is 5.91 Å². The zero-order valence-electron chi connectivity index (χ0n) is 15.1. The number of rotatable bonds is 4. The van der Waals surface area contributed by atoms with Crippen molar-refractivity contribution < 1.29 is 4.79 Å². The van der Waals surface area contributed by atoms with Crippen LogP contribution >= 0.6 is 0 Å². The minimum atomic E-state index is -0.127. The normalized spacial score (nSPS) is 11.3. The zero-order chi connectivity index (χ0) is 18.6. The number of carbonyl (C=O) groups is 1. The zero-order valence-corrected chi connectivity index (χ0v) is 15.1. The third-order valence-corrected chi connectivity index (χ3v) is 4.83. The summed E-state index contributed by atoms with van der Waals surface area (Å²) in [6, 6.07) is 26.3. The fourth-order valence-electron chi connectivity index (χ4n) is 3.51. The van der Waals surface area contributed by atoms with Crippen molar-refractivity contribution in [2.24, 2.45) is 5.10 Å². The predicted molar refractivity (Wildman–Crippen MR) is 112 cm³/mol. The maximum atomic E-state index is 12.2. The van der Waals surface area contributed by atoms with Gasteiger partial charge in [0.15, 0.2) is 0 Å². The lowest BCUT2D eigenvalue weighted by atomic mass is 9.93. The maximum Gasteiger partial charge on any atom is 0.244 e. The third-order valence-electron chi connectivity index (χ3n) is 4.83. The van der Waals surface area contributed by atoms with Crippen LogP contribution in [0.3, 0.4) is 0 Å². The molecular formula is C24H20N2O. The topological polar surface area (TPSA) is 41.5 Å². The molecule has 0 aliphatic heterocycles. The molecule has 27 heavy (non-hydrogen) atoms. The number of fused-ring (bicyclic) bond motifs is 2. The first-order valence-corrected chi connectivity index (χ1v) is 9.00. The fourth-order valence-corrected chi connectivity index (χ4v) is 3.51. The number of carbonyl (C=O) groups excluding carboxylic acids is 1. The molecule has 0 aliphatic carbocycles. The lowest BCUT2D eigenvalue weighted by molar-refractivity contribution is -0.120. The van der Waals surface area contributed by atoms with Crippen molar-refractivity contribution in [1.29, 1.82) is 0 Å². The van der Waals surface area contributed by atoms with Crippen LogP contribution in [0.25, 0.3) is 21.5 Å². The average Bonchev–Trinajstić information content (AvgIpc) is 2.71. The van der Waals surface area contributed by atoms with E-state index >= 15 is 0 Å². The highest BCUT2D eigenvalue weighted by molar-refractivity contribution is 6.15. The molecule has 0 aromatic heterocycles. The molecule has 0 spiro atoms. The highest BCUT2D eigenvalue weighted by atomic mass is 16.2. The van der Waals surface area contributed by atoms with Crippen LogP contribution in [0.15, 0.2) is 84.0 Å². The fraction of sp³-hybridized carbons (Fsp3) is 0.0833. The SMILES string of the molecule is Cc1c2ccccc2c(/C=N/NC(=O)Cc2ccccc2)c2ccccc12. The van der Waals surface area contributed by atoms with Gasteiger partial charge in [-0.2, -0.15) is 5.10 Å². The van der Waals surface area contributed by atoms with Gasteiger partial charge < -0.3 is 0 Å². The number of benzene rings is 4. The van der Waals surface area contributed by atoms with Gasteiger partial charge in [0.1, 0.15) is 0 Å². The molecule has 4 rings (SSSR count). The van der Waals surface area contributed by atoms with Crippen molar-refractivity contribution in [3.8, 4) is 0 Å². The summed E-state index contributed by atoms with van der Waals surface area (Å²) in [6.45, 7) is 2.15. The molecule has 0 aliphatic rings. The molecule has 4 aromatic carbocycles. The van der Waals surface area contributed by atoms with Gasteiger partial charge in [0.05, 0.1) is 12.6 Å². The van der Waals surface area contributed by atoms with Crippen LogP contribution in [-0.2, 0) is 11.2 Å². The summed E-state index contributed by atoms with van der Waals surface area (Å²) in [7, 11) is 0. The maximum absolute atomic E-state index is 12.2. The van der Waals surface area contributed by atoms with E-state index in [0.717, 1.165) is 21.9 Å². The number of hydrogen-bond acceptors (Lipinski definition) is 2. The molecule has 0 saturated heterocycles. The molecule has 3 nitrogen and oxygen atoms in total. The third kappa shape index (κ3) is 3.44. The Morgan fingerprint density at radius 1 is 0.815 bits per heavy atom. The van der Waals surface area contributed by atoms with E-state index in [1.165, 1.54) is 16.3 Å². The molecule has 132 valence electrons. The Morgan fingerprint density at radius 3 is 1.93 bits per heavy atom. The molecule has 0 heterocycles. The largest absolute Gasteiger partial charge is 0.273 e. The Balaban J connectivity index is 1.67. The van der Waals surface area contributed by atoms with Crippen LogP contribution in [-0.4, -0.2) is 12.1 Å². The Morgan fingerprint density at radius 2 is 1.33 bits per heavy atom. The minimum Gasteiger partial charge on any atom is -0.273 e. The van der Waals surface area contributed by atoms with Gasteiger partial charge in [0.25, 0.3) is 0 Å². The Hall–Kier alpha value is -3.46. The second-order valence-electron chi connectivity index (χ2n) is 6.59.